The van der Waals surface area contributed by atoms with Crippen LogP contribution in [0, 0.1) is 5.82 Å². The molecule has 0 aliphatic rings. The minimum Gasteiger partial charge on any atom is -0.394 e. The Morgan fingerprint density at radius 2 is 1.89 bits per heavy atom. The van der Waals surface area contributed by atoms with Gasteiger partial charge in [0, 0.05) is 10.7 Å². The zero-order valence-electron chi connectivity index (χ0n) is 10.5. The van der Waals surface area contributed by atoms with E-state index >= 15 is 0 Å². The first-order valence-corrected chi connectivity index (χ1v) is 6.32. The van der Waals surface area contributed by atoms with Gasteiger partial charge in [0.05, 0.1) is 12.1 Å². The first kappa shape index (κ1) is 13.8. The van der Waals surface area contributed by atoms with Crippen molar-refractivity contribution < 1.29 is 9.50 Å². The molecular weight excluding hydrogens is 265 g/mol. The van der Waals surface area contributed by atoms with Crippen LogP contribution in [0.4, 0.5) is 10.1 Å². The Bertz CT molecular complexity index is 558. The Kier molecular flexibility index (Phi) is 4.08. The fourth-order valence-corrected chi connectivity index (χ4v) is 2.03. The maximum Gasteiger partial charge on any atom is 0.125 e. The van der Waals surface area contributed by atoms with Crippen molar-refractivity contribution in [1.29, 1.82) is 0 Å². The highest BCUT2D eigenvalue weighted by molar-refractivity contribution is 6.30. The molecule has 0 aliphatic heterocycles. The lowest BCUT2D eigenvalue weighted by atomic mass is 9.92. The largest absolute Gasteiger partial charge is 0.394 e. The summed E-state index contributed by atoms with van der Waals surface area (Å²) in [7, 11) is 0. The third kappa shape index (κ3) is 3.25. The van der Waals surface area contributed by atoms with Crippen molar-refractivity contribution in [2.24, 2.45) is 0 Å². The SMILES string of the molecule is CC(CO)(Nc1cccc(F)c1)c1ccc(Cl)cc1. The van der Waals surface area contributed by atoms with Gasteiger partial charge in [-0.05, 0) is 42.8 Å². The number of hydrogen-bond donors (Lipinski definition) is 2. The van der Waals surface area contributed by atoms with Crippen LogP contribution in [0.5, 0.6) is 0 Å². The lowest BCUT2D eigenvalue weighted by Crippen LogP contribution is -2.35. The predicted molar refractivity (Wildman–Crippen MR) is 75.9 cm³/mol. The van der Waals surface area contributed by atoms with Crippen LogP contribution in [0.25, 0.3) is 0 Å². The van der Waals surface area contributed by atoms with Gasteiger partial charge < -0.3 is 10.4 Å². The van der Waals surface area contributed by atoms with E-state index in [-0.39, 0.29) is 12.4 Å². The summed E-state index contributed by atoms with van der Waals surface area (Å²) in [5.41, 5.74) is 0.799. The number of benzene rings is 2. The molecular formula is C15H15ClFNO. The minimum atomic E-state index is -0.696. The summed E-state index contributed by atoms with van der Waals surface area (Å²) in [5.74, 6) is -0.318. The summed E-state index contributed by atoms with van der Waals surface area (Å²) < 4.78 is 13.2. The van der Waals surface area contributed by atoms with E-state index in [9.17, 15) is 9.50 Å². The van der Waals surface area contributed by atoms with E-state index in [2.05, 4.69) is 5.32 Å². The van der Waals surface area contributed by atoms with E-state index in [1.807, 2.05) is 19.1 Å². The Balaban J connectivity index is 2.29. The molecule has 4 heteroatoms. The van der Waals surface area contributed by atoms with Gasteiger partial charge in [-0.2, -0.15) is 0 Å². The average molecular weight is 280 g/mol. The molecule has 0 fully saturated rings. The summed E-state index contributed by atoms with van der Waals surface area (Å²) in [4.78, 5) is 0. The van der Waals surface area contributed by atoms with Crippen molar-refractivity contribution in [3.05, 3.63) is 64.9 Å². The highest BCUT2D eigenvalue weighted by Crippen LogP contribution is 2.27. The molecule has 0 amide bonds. The lowest BCUT2D eigenvalue weighted by Gasteiger charge is -2.30. The third-order valence-corrected chi connectivity index (χ3v) is 3.29. The zero-order valence-corrected chi connectivity index (χ0v) is 11.3. The molecule has 0 saturated heterocycles. The van der Waals surface area contributed by atoms with E-state index in [1.165, 1.54) is 12.1 Å². The fraction of sp³-hybridized carbons (Fsp3) is 0.200. The highest BCUT2D eigenvalue weighted by Gasteiger charge is 2.25. The van der Waals surface area contributed by atoms with Crippen LogP contribution in [-0.2, 0) is 5.54 Å². The number of rotatable bonds is 4. The van der Waals surface area contributed by atoms with Gasteiger partial charge in [-0.1, -0.05) is 29.8 Å². The van der Waals surface area contributed by atoms with Gasteiger partial charge in [0.15, 0.2) is 0 Å². The molecule has 0 radical (unpaired) electrons. The summed E-state index contributed by atoms with van der Waals surface area (Å²) in [6.45, 7) is 1.73. The van der Waals surface area contributed by atoms with Crippen LogP contribution in [-0.4, -0.2) is 11.7 Å². The Morgan fingerprint density at radius 1 is 1.21 bits per heavy atom. The highest BCUT2D eigenvalue weighted by atomic mass is 35.5. The van der Waals surface area contributed by atoms with E-state index < -0.39 is 5.54 Å². The van der Waals surface area contributed by atoms with Gasteiger partial charge in [0.2, 0.25) is 0 Å². The third-order valence-electron chi connectivity index (χ3n) is 3.04. The molecule has 0 heterocycles. The van der Waals surface area contributed by atoms with Crippen molar-refractivity contribution in [2.45, 2.75) is 12.5 Å². The second kappa shape index (κ2) is 5.59. The van der Waals surface area contributed by atoms with Crippen molar-refractivity contribution in [3.63, 3.8) is 0 Å². The number of aliphatic hydroxyl groups is 1. The van der Waals surface area contributed by atoms with Crippen LogP contribution in [0.2, 0.25) is 5.02 Å². The smallest absolute Gasteiger partial charge is 0.125 e. The molecule has 19 heavy (non-hydrogen) atoms. The van der Waals surface area contributed by atoms with Crippen molar-refractivity contribution in [3.8, 4) is 0 Å². The number of halogens is 2. The average Bonchev–Trinajstić information content (AvgIpc) is 2.39. The van der Waals surface area contributed by atoms with Crippen LogP contribution in [0.1, 0.15) is 12.5 Å². The van der Waals surface area contributed by atoms with Crippen LogP contribution < -0.4 is 5.32 Å². The molecule has 0 saturated carbocycles. The summed E-state index contributed by atoms with van der Waals surface area (Å²) >= 11 is 5.85. The predicted octanol–water partition coefficient (Wildman–Crippen LogP) is 3.80. The zero-order chi connectivity index (χ0) is 13.9. The van der Waals surface area contributed by atoms with Gasteiger partial charge in [-0.15, -0.1) is 0 Å². The van der Waals surface area contributed by atoms with E-state index in [0.29, 0.717) is 10.7 Å². The molecule has 0 spiro atoms. The van der Waals surface area contributed by atoms with E-state index in [0.717, 1.165) is 5.56 Å². The van der Waals surface area contributed by atoms with Crippen LogP contribution >= 0.6 is 11.6 Å². The summed E-state index contributed by atoms with van der Waals surface area (Å²) in [6, 6.07) is 13.4. The maximum absolute atomic E-state index is 13.2. The molecule has 2 rings (SSSR count). The van der Waals surface area contributed by atoms with Crippen LogP contribution in [0.3, 0.4) is 0 Å². The Morgan fingerprint density at radius 3 is 2.47 bits per heavy atom. The minimum absolute atomic E-state index is 0.120. The maximum atomic E-state index is 13.2. The van der Waals surface area contributed by atoms with Crippen molar-refractivity contribution >= 4 is 17.3 Å². The van der Waals surface area contributed by atoms with Crippen molar-refractivity contribution in [1.82, 2.24) is 0 Å². The van der Waals surface area contributed by atoms with E-state index in [1.54, 1.807) is 24.3 Å². The second-order valence-electron chi connectivity index (χ2n) is 4.63. The lowest BCUT2D eigenvalue weighted by molar-refractivity contribution is 0.224. The molecule has 0 bridgehead atoms. The molecule has 0 aliphatic carbocycles. The quantitative estimate of drug-likeness (QED) is 0.892. The van der Waals surface area contributed by atoms with Gasteiger partial charge >= 0.3 is 0 Å². The normalized spacial score (nSPS) is 13.9. The Labute approximate surface area is 116 Å². The fourth-order valence-electron chi connectivity index (χ4n) is 1.91. The molecule has 2 aromatic carbocycles. The first-order chi connectivity index (χ1) is 9.03. The number of nitrogens with one attached hydrogen (secondary N) is 1. The van der Waals surface area contributed by atoms with Gasteiger partial charge in [-0.3, -0.25) is 0 Å². The topological polar surface area (TPSA) is 32.3 Å². The summed E-state index contributed by atoms with van der Waals surface area (Å²) in [5, 5.41) is 13.4. The monoisotopic (exact) mass is 279 g/mol. The molecule has 2 N–H and O–H groups in total. The van der Waals surface area contributed by atoms with Gasteiger partial charge in [-0.25, -0.2) is 4.39 Å². The number of aliphatic hydroxyl groups excluding tert-OH is 1. The molecule has 2 aromatic rings. The second-order valence-corrected chi connectivity index (χ2v) is 5.07. The van der Waals surface area contributed by atoms with Crippen LogP contribution in [0.15, 0.2) is 48.5 Å². The molecule has 0 aromatic heterocycles. The molecule has 2 nitrogen and oxygen atoms in total. The molecule has 1 atom stereocenters. The first-order valence-electron chi connectivity index (χ1n) is 5.94. The standard InChI is InChI=1S/C15H15ClFNO/c1-15(10-19,11-5-7-12(16)8-6-11)18-14-4-2-3-13(17)9-14/h2-9,18-19H,10H2,1H3. The molecule has 1 unspecified atom stereocenters. The van der Waals surface area contributed by atoms with E-state index in [4.69, 9.17) is 11.6 Å². The van der Waals surface area contributed by atoms with Gasteiger partial charge in [0.1, 0.15) is 5.82 Å². The van der Waals surface area contributed by atoms with Crippen molar-refractivity contribution in [2.75, 3.05) is 11.9 Å². The summed E-state index contributed by atoms with van der Waals surface area (Å²) in [6.07, 6.45) is 0. The van der Waals surface area contributed by atoms with Gasteiger partial charge in [0.25, 0.3) is 0 Å². The number of hydrogen-bond acceptors (Lipinski definition) is 2. The molecule has 100 valence electrons. The number of anilines is 1. The Hall–Kier alpha value is -1.58.